The molecule has 1 aliphatic rings. The molecule has 0 radical (unpaired) electrons. The molecule has 0 atom stereocenters. The number of unbranched alkanes of at least 4 members (excludes halogenated alkanes) is 3. The Kier molecular flexibility index (Phi) is 6.83. The van der Waals surface area contributed by atoms with Gasteiger partial charge in [0.05, 0.1) is 5.56 Å². The molecule has 1 aliphatic carbocycles. The van der Waals surface area contributed by atoms with E-state index in [4.69, 9.17) is 5.26 Å². The zero-order valence-corrected chi connectivity index (χ0v) is 16.0. The lowest BCUT2D eigenvalue weighted by atomic mass is 9.77. The number of hydrogen-bond donors (Lipinski definition) is 0. The Hall–Kier alpha value is -2.14. The molecule has 2 aromatic rings. The maximum absolute atomic E-state index is 8.90. The third-order valence-electron chi connectivity index (χ3n) is 5.83. The van der Waals surface area contributed by atoms with Gasteiger partial charge < -0.3 is 0 Å². The van der Waals surface area contributed by atoms with Crippen LogP contribution in [0.5, 0.6) is 0 Å². The summed E-state index contributed by atoms with van der Waals surface area (Å²) in [6.45, 7) is 2.26. The standard InChI is InChI=1S/C24H30N2/c1-2-3-4-5-6-19-7-10-21(11-8-19)22-12-14-23(15-13-22)24-16-9-20(17-25)18-26-24/h7-11,16,18,22-23H,2-6,12-15H2,1H3. The molecule has 1 saturated carbocycles. The van der Waals surface area contributed by atoms with Crippen LogP contribution in [0.1, 0.15) is 92.5 Å². The van der Waals surface area contributed by atoms with Gasteiger partial charge in [-0.05, 0) is 67.7 Å². The Morgan fingerprint density at radius 1 is 0.923 bits per heavy atom. The van der Waals surface area contributed by atoms with Gasteiger partial charge in [-0.25, -0.2) is 0 Å². The molecule has 0 amide bonds. The molecule has 26 heavy (non-hydrogen) atoms. The minimum Gasteiger partial charge on any atom is -0.260 e. The van der Waals surface area contributed by atoms with Crippen molar-refractivity contribution in [1.29, 1.82) is 5.26 Å². The number of aryl methyl sites for hydroxylation is 1. The second-order valence-electron chi connectivity index (χ2n) is 7.68. The van der Waals surface area contributed by atoms with Crippen LogP contribution in [-0.4, -0.2) is 4.98 Å². The van der Waals surface area contributed by atoms with Crippen LogP contribution in [0.3, 0.4) is 0 Å². The molecule has 0 N–H and O–H groups in total. The van der Waals surface area contributed by atoms with E-state index in [1.807, 2.05) is 12.1 Å². The number of hydrogen-bond acceptors (Lipinski definition) is 2. The Balaban J connectivity index is 1.50. The maximum Gasteiger partial charge on any atom is 0.101 e. The maximum atomic E-state index is 8.90. The summed E-state index contributed by atoms with van der Waals surface area (Å²) < 4.78 is 0. The van der Waals surface area contributed by atoms with Gasteiger partial charge >= 0.3 is 0 Å². The predicted molar refractivity (Wildman–Crippen MR) is 107 cm³/mol. The quantitative estimate of drug-likeness (QED) is 0.535. The largest absolute Gasteiger partial charge is 0.260 e. The van der Waals surface area contributed by atoms with Gasteiger partial charge in [0.1, 0.15) is 6.07 Å². The Bertz CT molecular complexity index is 701. The highest BCUT2D eigenvalue weighted by atomic mass is 14.7. The van der Waals surface area contributed by atoms with Gasteiger partial charge in [-0.1, -0.05) is 50.5 Å². The van der Waals surface area contributed by atoms with Crippen molar-refractivity contribution in [3.05, 3.63) is 65.0 Å². The number of rotatable bonds is 7. The van der Waals surface area contributed by atoms with Crippen LogP contribution in [0.15, 0.2) is 42.6 Å². The number of pyridine rings is 1. The third kappa shape index (κ3) is 4.94. The van der Waals surface area contributed by atoms with Gasteiger partial charge in [-0.2, -0.15) is 5.26 Å². The monoisotopic (exact) mass is 346 g/mol. The van der Waals surface area contributed by atoms with Gasteiger partial charge in [-0.15, -0.1) is 0 Å². The lowest BCUT2D eigenvalue weighted by molar-refractivity contribution is 0.391. The molecular formula is C24H30N2. The molecule has 0 unspecified atom stereocenters. The smallest absolute Gasteiger partial charge is 0.101 e. The lowest BCUT2D eigenvalue weighted by Gasteiger charge is -2.28. The van der Waals surface area contributed by atoms with Crippen molar-refractivity contribution in [3.63, 3.8) is 0 Å². The molecule has 136 valence electrons. The molecule has 1 heterocycles. The van der Waals surface area contributed by atoms with Crippen LogP contribution < -0.4 is 0 Å². The van der Waals surface area contributed by atoms with Gasteiger partial charge in [0.25, 0.3) is 0 Å². The van der Waals surface area contributed by atoms with Crippen LogP contribution in [-0.2, 0) is 6.42 Å². The zero-order valence-electron chi connectivity index (χ0n) is 16.0. The van der Waals surface area contributed by atoms with Crippen molar-refractivity contribution in [3.8, 4) is 6.07 Å². The zero-order chi connectivity index (χ0) is 18.2. The van der Waals surface area contributed by atoms with E-state index in [0.29, 0.717) is 17.4 Å². The van der Waals surface area contributed by atoms with Crippen LogP contribution in [0, 0.1) is 11.3 Å². The predicted octanol–water partition coefficient (Wildman–Crippen LogP) is 6.52. The average molecular weight is 347 g/mol. The summed E-state index contributed by atoms with van der Waals surface area (Å²) in [6.07, 6.45) is 13.1. The summed E-state index contributed by atoms with van der Waals surface area (Å²) in [6, 6.07) is 15.5. The van der Waals surface area contributed by atoms with E-state index in [1.165, 1.54) is 68.9 Å². The number of nitriles is 1. The van der Waals surface area contributed by atoms with E-state index in [1.54, 1.807) is 6.20 Å². The second-order valence-corrected chi connectivity index (χ2v) is 7.68. The van der Waals surface area contributed by atoms with Gasteiger partial charge in [0.2, 0.25) is 0 Å². The molecule has 1 aromatic heterocycles. The van der Waals surface area contributed by atoms with Crippen molar-refractivity contribution >= 4 is 0 Å². The van der Waals surface area contributed by atoms with E-state index in [9.17, 15) is 0 Å². The van der Waals surface area contributed by atoms with E-state index in [0.717, 1.165) is 5.69 Å². The summed E-state index contributed by atoms with van der Waals surface area (Å²) >= 11 is 0. The highest BCUT2D eigenvalue weighted by molar-refractivity contribution is 5.29. The van der Waals surface area contributed by atoms with Crippen molar-refractivity contribution in [2.45, 2.75) is 76.5 Å². The first-order valence-electron chi connectivity index (χ1n) is 10.2. The van der Waals surface area contributed by atoms with Gasteiger partial charge in [-0.3, -0.25) is 4.98 Å². The Labute approximate surface area is 158 Å². The topological polar surface area (TPSA) is 36.7 Å². The van der Waals surface area contributed by atoms with Gasteiger partial charge in [0.15, 0.2) is 0 Å². The van der Waals surface area contributed by atoms with E-state index in [2.05, 4.69) is 42.2 Å². The summed E-state index contributed by atoms with van der Waals surface area (Å²) in [5.41, 5.74) is 4.80. The van der Waals surface area contributed by atoms with Crippen LogP contribution in [0.25, 0.3) is 0 Å². The lowest BCUT2D eigenvalue weighted by Crippen LogP contribution is -2.13. The second kappa shape index (κ2) is 9.53. The Morgan fingerprint density at radius 2 is 1.65 bits per heavy atom. The first kappa shape index (κ1) is 18.6. The summed E-state index contributed by atoms with van der Waals surface area (Å²) in [5.74, 6) is 1.25. The average Bonchev–Trinajstić information content (AvgIpc) is 2.72. The fourth-order valence-corrected chi connectivity index (χ4v) is 4.15. The Morgan fingerprint density at radius 3 is 2.27 bits per heavy atom. The minimum absolute atomic E-state index is 0.553. The molecular weight excluding hydrogens is 316 g/mol. The van der Waals surface area contributed by atoms with Gasteiger partial charge in [0, 0.05) is 17.8 Å². The molecule has 3 rings (SSSR count). The highest BCUT2D eigenvalue weighted by Gasteiger charge is 2.24. The minimum atomic E-state index is 0.553. The molecule has 2 nitrogen and oxygen atoms in total. The SMILES string of the molecule is CCCCCCc1ccc(C2CCC(c3ccc(C#N)cn3)CC2)cc1. The normalized spacial score (nSPS) is 19.8. The summed E-state index contributed by atoms with van der Waals surface area (Å²) in [4.78, 5) is 4.50. The molecule has 1 aromatic carbocycles. The third-order valence-corrected chi connectivity index (χ3v) is 5.83. The molecule has 2 heteroatoms. The molecule has 0 bridgehead atoms. The molecule has 1 fully saturated rings. The highest BCUT2D eigenvalue weighted by Crippen LogP contribution is 2.39. The molecule has 0 aliphatic heterocycles. The number of nitrogens with zero attached hydrogens (tertiary/aromatic N) is 2. The fraction of sp³-hybridized carbons (Fsp3) is 0.500. The molecule has 0 spiro atoms. The van der Waals surface area contributed by atoms with E-state index in [-0.39, 0.29) is 0 Å². The van der Waals surface area contributed by atoms with Crippen LogP contribution in [0.2, 0.25) is 0 Å². The first-order chi connectivity index (χ1) is 12.8. The number of benzene rings is 1. The number of aromatic nitrogens is 1. The first-order valence-corrected chi connectivity index (χ1v) is 10.2. The van der Waals surface area contributed by atoms with Crippen molar-refractivity contribution in [2.75, 3.05) is 0 Å². The van der Waals surface area contributed by atoms with Crippen LogP contribution >= 0.6 is 0 Å². The van der Waals surface area contributed by atoms with Crippen molar-refractivity contribution in [1.82, 2.24) is 4.98 Å². The van der Waals surface area contributed by atoms with E-state index >= 15 is 0 Å². The molecule has 0 saturated heterocycles. The van der Waals surface area contributed by atoms with Crippen molar-refractivity contribution in [2.24, 2.45) is 0 Å². The van der Waals surface area contributed by atoms with E-state index < -0.39 is 0 Å². The summed E-state index contributed by atoms with van der Waals surface area (Å²) in [5, 5.41) is 8.90. The summed E-state index contributed by atoms with van der Waals surface area (Å²) in [7, 11) is 0. The van der Waals surface area contributed by atoms with Crippen LogP contribution in [0.4, 0.5) is 0 Å². The fourth-order valence-electron chi connectivity index (χ4n) is 4.15. The van der Waals surface area contributed by atoms with Crippen molar-refractivity contribution < 1.29 is 0 Å².